The van der Waals surface area contributed by atoms with Crippen LogP contribution in [0.5, 0.6) is 0 Å². The van der Waals surface area contributed by atoms with Gasteiger partial charge in [0.25, 0.3) is 0 Å². The van der Waals surface area contributed by atoms with Crippen LogP contribution in [0.2, 0.25) is 0 Å². The number of carbonyl (C=O) groups is 1. The number of benzene rings is 2. The Kier molecular flexibility index (Phi) is 2.72. The Morgan fingerprint density at radius 3 is 2.53 bits per heavy atom. The molecule has 0 radical (unpaired) electrons. The van der Waals surface area contributed by atoms with Crippen molar-refractivity contribution in [2.75, 3.05) is 0 Å². The van der Waals surface area contributed by atoms with Crippen LogP contribution in [0.25, 0.3) is 22.0 Å². The summed E-state index contributed by atoms with van der Waals surface area (Å²) < 4.78 is 0. The summed E-state index contributed by atoms with van der Waals surface area (Å²) in [5.41, 5.74) is 2.06. The third-order valence-corrected chi connectivity index (χ3v) is 3.06. The summed E-state index contributed by atoms with van der Waals surface area (Å²) >= 11 is 0. The highest BCUT2D eigenvalue weighted by molar-refractivity contribution is 5.99. The number of nitrogens with zero attached hydrogens (tertiary/aromatic N) is 1. The molecule has 3 rings (SSSR count). The maximum absolute atomic E-state index is 11.1. The second kappa shape index (κ2) is 4.53. The molecule has 3 aromatic rings. The average Bonchev–Trinajstić information content (AvgIpc) is 2.47. The standard InChI is InChI=1S/C16H11NO2/c18-16(19)13-7-6-11-8-9-17-15(14(11)10-13)12-4-2-1-3-5-12/h1-10H,(H,18,19). The SMILES string of the molecule is O=C(O)c1ccc2ccnc(-c3ccccc3)c2c1. The van der Waals surface area contributed by atoms with E-state index in [0.717, 1.165) is 22.0 Å². The van der Waals surface area contributed by atoms with Gasteiger partial charge in [0.2, 0.25) is 0 Å². The number of carboxylic acids is 1. The van der Waals surface area contributed by atoms with E-state index in [9.17, 15) is 4.79 Å². The third kappa shape index (κ3) is 2.06. The van der Waals surface area contributed by atoms with Gasteiger partial charge in [0.1, 0.15) is 0 Å². The van der Waals surface area contributed by atoms with Gasteiger partial charge in [0, 0.05) is 17.1 Å². The molecule has 0 aliphatic rings. The molecule has 19 heavy (non-hydrogen) atoms. The van der Waals surface area contributed by atoms with Crippen molar-refractivity contribution < 1.29 is 9.90 Å². The molecule has 0 unspecified atom stereocenters. The van der Waals surface area contributed by atoms with E-state index in [1.165, 1.54) is 0 Å². The van der Waals surface area contributed by atoms with Gasteiger partial charge in [-0.1, -0.05) is 36.4 Å². The highest BCUT2D eigenvalue weighted by Crippen LogP contribution is 2.27. The minimum atomic E-state index is -0.926. The first-order valence-corrected chi connectivity index (χ1v) is 5.93. The van der Waals surface area contributed by atoms with E-state index in [0.29, 0.717) is 0 Å². The highest BCUT2D eigenvalue weighted by atomic mass is 16.4. The molecule has 0 aliphatic carbocycles. The monoisotopic (exact) mass is 249 g/mol. The van der Waals surface area contributed by atoms with Crippen molar-refractivity contribution in [1.82, 2.24) is 4.98 Å². The van der Waals surface area contributed by atoms with Gasteiger partial charge in [0.05, 0.1) is 11.3 Å². The van der Waals surface area contributed by atoms with Gasteiger partial charge in [-0.25, -0.2) is 4.79 Å². The maximum atomic E-state index is 11.1. The van der Waals surface area contributed by atoms with Crippen LogP contribution < -0.4 is 0 Å². The first-order valence-electron chi connectivity index (χ1n) is 5.93. The summed E-state index contributed by atoms with van der Waals surface area (Å²) in [5.74, 6) is -0.926. The van der Waals surface area contributed by atoms with E-state index in [4.69, 9.17) is 5.11 Å². The Labute approximate surface area is 110 Å². The van der Waals surface area contributed by atoms with E-state index < -0.39 is 5.97 Å². The van der Waals surface area contributed by atoms with E-state index >= 15 is 0 Å². The molecule has 92 valence electrons. The number of aromatic carboxylic acids is 1. The Balaban J connectivity index is 2.30. The van der Waals surface area contributed by atoms with Gasteiger partial charge in [-0.15, -0.1) is 0 Å². The Hall–Kier alpha value is -2.68. The van der Waals surface area contributed by atoms with Crippen LogP contribution in [0, 0.1) is 0 Å². The van der Waals surface area contributed by atoms with Crippen molar-refractivity contribution in [3.63, 3.8) is 0 Å². The molecule has 1 aromatic heterocycles. The molecule has 3 heteroatoms. The summed E-state index contributed by atoms with van der Waals surface area (Å²) in [6.45, 7) is 0. The number of hydrogen-bond donors (Lipinski definition) is 1. The zero-order chi connectivity index (χ0) is 13.2. The molecule has 2 aromatic carbocycles. The molecule has 0 amide bonds. The molecule has 1 heterocycles. The molecule has 0 saturated heterocycles. The normalized spacial score (nSPS) is 10.5. The third-order valence-electron chi connectivity index (χ3n) is 3.06. The fourth-order valence-corrected chi connectivity index (χ4v) is 2.13. The number of carboxylic acid groups (broad SMARTS) is 1. The second-order valence-corrected chi connectivity index (χ2v) is 4.27. The number of rotatable bonds is 2. The fraction of sp³-hybridized carbons (Fsp3) is 0. The van der Waals surface area contributed by atoms with Crippen LogP contribution in [0.4, 0.5) is 0 Å². The van der Waals surface area contributed by atoms with Crippen LogP contribution in [-0.4, -0.2) is 16.1 Å². The van der Waals surface area contributed by atoms with Crippen LogP contribution in [0.3, 0.4) is 0 Å². The lowest BCUT2D eigenvalue weighted by atomic mass is 10.0. The second-order valence-electron chi connectivity index (χ2n) is 4.27. The van der Waals surface area contributed by atoms with Crippen molar-refractivity contribution in [1.29, 1.82) is 0 Å². The zero-order valence-corrected chi connectivity index (χ0v) is 10.1. The minimum absolute atomic E-state index is 0.276. The number of hydrogen-bond acceptors (Lipinski definition) is 2. The summed E-state index contributed by atoms with van der Waals surface area (Å²) in [6, 6.07) is 16.7. The van der Waals surface area contributed by atoms with E-state index in [1.54, 1.807) is 18.3 Å². The van der Waals surface area contributed by atoms with Gasteiger partial charge < -0.3 is 5.11 Å². The summed E-state index contributed by atoms with van der Waals surface area (Å²) in [6.07, 6.45) is 1.74. The molecule has 0 fully saturated rings. The zero-order valence-electron chi connectivity index (χ0n) is 10.1. The maximum Gasteiger partial charge on any atom is 0.335 e. The molecule has 0 atom stereocenters. The van der Waals surface area contributed by atoms with Crippen LogP contribution in [-0.2, 0) is 0 Å². The van der Waals surface area contributed by atoms with Crippen molar-refractivity contribution in [2.45, 2.75) is 0 Å². The minimum Gasteiger partial charge on any atom is -0.478 e. The fourth-order valence-electron chi connectivity index (χ4n) is 2.13. The summed E-state index contributed by atoms with van der Waals surface area (Å²) in [4.78, 5) is 15.5. The molecule has 0 bridgehead atoms. The molecule has 0 spiro atoms. The van der Waals surface area contributed by atoms with Crippen molar-refractivity contribution >= 4 is 16.7 Å². The van der Waals surface area contributed by atoms with Crippen molar-refractivity contribution in [3.8, 4) is 11.3 Å². The van der Waals surface area contributed by atoms with Crippen molar-refractivity contribution in [2.24, 2.45) is 0 Å². The smallest absolute Gasteiger partial charge is 0.335 e. The quantitative estimate of drug-likeness (QED) is 0.754. The Bertz CT molecular complexity index is 751. The lowest BCUT2D eigenvalue weighted by molar-refractivity contribution is 0.0697. The number of pyridine rings is 1. The number of aromatic nitrogens is 1. The van der Waals surface area contributed by atoms with E-state index in [-0.39, 0.29) is 5.56 Å². The first kappa shape index (κ1) is 11.4. The lowest BCUT2D eigenvalue weighted by Crippen LogP contribution is -1.96. The summed E-state index contributed by atoms with van der Waals surface area (Å²) in [7, 11) is 0. The Morgan fingerprint density at radius 1 is 1.00 bits per heavy atom. The molecule has 1 N–H and O–H groups in total. The average molecular weight is 249 g/mol. The van der Waals surface area contributed by atoms with Gasteiger partial charge in [0.15, 0.2) is 0 Å². The molecule has 0 aliphatic heterocycles. The van der Waals surface area contributed by atoms with Crippen molar-refractivity contribution in [3.05, 3.63) is 66.4 Å². The van der Waals surface area contributed by atoms with Gasteiger partial charge in [-0.05, 0) is 23.6 Å². The topological polar surface area (TPSA) is 50.2 Å². The predicted molar refractivity (Wildman–Crippen MR) is 74.1 cm³/mol. The van der Waals surface area contributed by atoms with Crippen LogP contribution in [0.1, 0.15) is 10.4 Å². The predicted octanol–water partition coefficient (Wildman–Crippen LogP) is 3.60. The Morgan fingerprint density at radius 2 is 1.79 bits per heavy atom. The first-order chi connectivity index (χ1) is 9.25. The van der Waals surface area contributed by atoms with Gasteiger partial charge in [-0.3, -0.25) is 4.98 Å². The van der Waals surface area contributed by atoms with Gasteiger partial charge in [-0.2, -0.15) is 0 Å². The highest BCUT2D eigenvalue weighted by Gasteiger charge is 2.08. The molecular weight excluding hydrogens is 238 g/mol. The van der Waals surface area contributed by atoms with Gasteiger partial charge >= 0.3 is 5.97 Å². The van der Waals surface area contributed by atoms with E-state index in [2.05, 4.69) is 4.98 Å². The van der Waals surface area contributed by atoms with Crippen LogP contribution >= 0.6 is 0 Å². The molecule has 3 nitrogen and oxygen atoms in total. The summed E-state index contributed by atoms with van der Waals surface area (Å²) in [5, 5.41) is 10.9. The molecular formula is C16H11NO2. The molecule has 0 saturated carbocycles. The largest absolute Gasteiger partial charge is 0.478 e. The van der Waals surface area contributed by atoms with E-state index in [1.807, 2.05) is 42.5 Å². The number of fused-ring (bicyclic) bond motifs is 1. The van der Waals surface area contributed by atoms with Crippen LogP contribution in [0.15, 0.2) is 60.8 Å². The lowest BCUT2D eigenvalue weighted by Gasteiger charge is -2.06.